The van der Waals surface area contributed by atoms with Crippen molar-refractivity contribution in [3.05, 3.63) is 0 Å². The zero-order valence-electron chi connectivity index (χ0n) is 11.1. The van der Waals surface area contributed by atoms with E-state index in [9.17, 15) is 4.79 Å². The summed E-state index contributed by atoms with van der Waals surface area (Å²) in [6, 6.07) is 0. The number of hydrogen-bond donors (Lipinski definition) is 1. The minimum absolute atomic E-state index is 0.310. The molecule has 96 valence electrons. The van der Waals surface area contributed by atoms with Crippen LogP contribution in [0.25, 0.3) is 0 Å². The van der Waals surface area contributed by atoms with Gasteiger partial charge in [0.15, 0.2) is 0 Å². The zero-order chi connectivity index (χ0) is 12.9. The van der Waals surface area contributed by atoms with Crippen molar-refractivity contribution in [3.8, 4) is 11.8 Å². The molecule has 1 rings (SSSR count). The van der Waals surface area contributed by atoms with E-state index in [0.717, 1.165) is 25.8 Å². The van der Waals surface area contributed by atoms with Gasteiger partial charge in [-0.15, -0.1) is 0 Å². The van der Waals surface area contributed by atoms with Gasteiger partial charge in [0.1, 0.15) is 5.60 Å². The molecule has 0 aromatic heterocycles. The summed E-state index contributed by atoms with van der Waals surface area (Å²) in [5, 5.41) is 0. The Labute approximate surface area is 104 Å². The summed E-state index contributed by atoms with van der Waals surface area (Å²) < 4.78 is 5.14. The molecule has 1 aliphatic rings. The fraction of sp³-hybridized carbons (Fsp3) is 0.786. The van der Waals surface area contributed by atoms with Crippen LogP contribution in [0.3, 0.4) is 0 Å². The van der Waals surface area contributed by atoms with Gasteiger partial charge in [-0.3, -0.25) is 0 Å². The topological polar surface area (TPSA) is 52.3 Å². The second-order valence-electron chi connectivity index (χ2n) is 5.74. The summed E-state index contributed by atoms with van der Waals surface area (Å²) >= 11 is 0. The molecule has 0 radical (unpaired) electrons. The standard InChI is InChI=1S/C14H23NO2/c1-14(2,3)17-13(16)8-7-11-5-4-6-12(9-11)10-15/h11-12H,4-6,9-10,15H2,1-3H3/t11-,12-/m0/s1. The normalized spacial score (nSPS) is 24.7. The van der Waals surface area contributed by atoms with Crippen LogP contribution in [0.15, 0.2) is 0 Å². The van der Waals surface area contributed by atoms with Gasteiger partial charge in [0, 0.05) is 11.8 Å². The lowest BCUT2D eigenvalue weighted by atomic mass is 9.82. The smallest absolute Gasteiger partial charge is 0.384 e. The number of ether oxygens (including phenoxy) is 1. The molecule has 0 unspecified atom stereocenters. The summed E-state index contributed by atoms with van der Waals surface area (Å²) in [5.74, 6) is 6.09. The Balaban J connectivity index is 2.45. The average Bonchev–Trinajstić information content (AvgIpc) is 2.24. The van der Waals surface area contributed by atoms with Crippen molar-refractivity contribution >= 4 is 5.97 Å². The molecule has 17 heavy (non-hydrogen) atoms. The van der Waals surface area contributed by atoms with E-state index >= 15 is 0 Å². The molecular weight excluding hydrogens is 214 g/mol. The Morgan fingerprint density at radius 1 is 1.41 bits per heavy atom. The molecule has 1 saturated carbocycles. The van der Waals surface area contributed by atoms with Crippen LogP contribution in [0.2, 0.25) is 0 Å². The van der Waals surface area contributed by atoms with Gasteiger partial charge in [-0.05, 0) is 52.5 Å². The van der Waals surface area contributed by atoms with Crippen LogP contribution in [0.5, 0.6) is 0 Å². The van der Waals surface area contributed by atoms with Gasteiger partial charge in [-0.2, -0.15) is 0 Å². The number of carbonyl (C=O) groups excluding carboxylic acids is 1. The van der Waals surface area contributed by atoms with E-state index in [1.54, 1.807) is 0 Å². The van der Waals surface area contributed by atoms with E-state index in [1.807, 2.05) is 20.8 Å². The van der Waals surface area contributed by atoms with Gasteiger partial charge >= 0.3 is 5.97 Å². The third-order valence-electron chi connectivity index (χ3n) is 2.89. The van der Waals surface area contributed by atoms with Crippen LogP contribution in [-0.2, 0) is 9.53 Å². The van der Waals surface area contributed by atoms with E-state index in [-0.39, 0.29) is 0 Å². The van der Waals surface area contributed by atoms with Crippen LogP contribution in [0.1, 0.15) is 46.5 Å². The molecule has 1 fully saturated rings. The van der Waals surface area contributed by atoms with Gasteiger partial charge in [-0.1, -0.05) is 12.3 Å². The van der Waals surface area contributed by atoms with E-state index in [2.05, 4.69) is 11.8 Å². The Morgan fingerprint density at radius 2 is 2.12 bits per heavy atom. The van der Waals surface area contributed by atoms with E-state index in [0.29, 0.717) is 11.8 Å². The number of hydrogen-bond acceptors (Lipinski definition) is 3. The van der Waals surface area contributed by atoms with E-state index in [4.69, 9.17) is 10.5 Å². The van der Waals surface area contributed by atoms with Crippen LogP contribution in [0, 0.1) is 23.7 Å². The quantitative estimate of drug-likeness (QED) is 0.431. The average molecular weight is 237 g/mol. The first-order chi connectivity index (χ1) is 7.90. The molecule has 0 aromatic carbocycles. The lowest BCUT2D eigenvalue weighted by Gasteiger charge is -2.24. The van der Waals surface area contributed by atoms with Gasteiger partial charge in [-0.25, -0.2) is 4.79 Å². The van der Waals surface area contributed by atoms with E-state index < -0.39 is 11.6 Å². The molecule has 3 nitrogen and oxygen atoms in total. The highest BCUT2D eigenvalue weighted by Crippen LogP contribution is 2.27. The first-order valence-electron chi connectivity index (χ1n) is 6.35. The Hall–Kier alpha value is -1.01. The lowest BCUT2D eigenvalue weighted by Crippen LogP contribution is -2.23. The minimum Gasteiger partial charge on any atom is -0.450 e. The van der Waals surface area contributed by atoms with Crippen molar-refractivity contribution in [3.63, 3.8) is 0 Å². The third-order valence-corrected chi connectivity index (χ3v) is 2.89. The molecular formula is C14H23NO2. The summed E-state index contributed by atoms with van der Waals surface area (Å²) in [5.41, 5.74) is 5.20. The number of nitrogens with two attached hydrogens (primary N) is 1. The lowest BCUT2D eigenvalue weighted by molar-refractivity contribution is -0.147. The molecule has 0 spiro atoms. The maximum atomic E-state index is 11.4. The van der Waals surface area contributed by atoms with Crippen molar-refractivity contribution in [2.45, 2.75) is 52.1 Å². The predicted molar refractivity (Wildman–Crippen MR) is 68.1 cm³/mol. The van der Waals surface area contributed by atoms with Crippen molar-refractivity contribution in [2.75, 3.05) is 6.54 Å². The highest BCUT2D eigenvalue weighted by atomic mass is 16.6. The van der Waals surface area contributed by atoms with Crippen molar-refractivity contribution in [2.24, 2.45) is 17.6 Å². The fourth-order valence-corrected chi connectivity index (χ4v) is 2.10. The molecule has 1 aliphatic carbocycles. The van der Waals surface area contributed by atoms with Crippen molar-refractivity contribution < 1.29 is 9.53 Å². The van der Waals surface area contributed by atoms with Gasteiger partial charge in [0.2, 0.25) is 0 Å². The fourth-order valence-electron chi connectivity index (χ4n) is 2.10. The first-order valence-corrected chi connectivity index (χ1v) is 6.35. The molecule has 0 aromatic rings. The highest BCUT2D eigenvalue weighted by molar-refractivity contribution is 5.88. The minimum atomic E-state index is -0.460. The van der Waals surface area contributed by atoms with Crippen LogP contribution < -0.4 is 5.73 Å². The Morgan fingerprint density at radius 3 is 2.71 bits per heavy atom. The van der Waals surface area contributed by atoms with Gasteiger partial charge in [0.05, 0.1) is 0 Å². The molecule has 0 heterocycles. The van der Waals surface area contributed by atoms with Crippen molar-refractivity contribution in [1.82, 2.24) is 0 Å². The van der Waals surface area contributed by atoms with Crippen molar-refractivity contribution in [1.29, 1.82) is 0 Å². The number of carbonyl (C=O) groups is 1. The molecule has 0 aliphatic heterocycles. The van der Waals surface area contributed by atoms with Gasteiger partial charge in [0.25, 0.3) is 0 Å². The second-order valence-corrected chi connectivity index (χ2v) is 5.74. The van der Waals surface area contributed by atoms with Crippen LogP contribution in [0.4, 0.5) is 0 Å². The van der Waals surface area contributed by atoms with E-state index in [1.165, 1.54) is 6.42 Å². The largest absolute Gasteiger partial charge is 0.450 e. The molecule has 0 bridgehead atoms. The van der Waals surface area contributed by atoms with Crippen LogP contribution in [-0.4, -0.2) is 18.1 Å². The molecule has 2 atom stereocenters. The maximum absolute atomic E-state index is 11.4. The summed E-state index contributed by atoms with van der Waals surface area (Å²) in [7, 11) is 0. The third kappa shape index (κ3) is 5.74. The summed E-state index contributed by atoms with van der Waals surface area (Å²) in [6.07, 6.45) is 4.45. The summed E-state index contributed by atoms with van der Waals surface area (Å²) in [4.78, 5) is 11.4. The van der Waals surface area contributed by atoms with Crippen LogP contribution >= 0.6 is 0 Å². The number of rotatable bonds is 1. The Bertz CT molecular complexity index is 319. The highest BCUT2D eigenvalue weighted by Gasteiger charge is 2.20. The Kier molecular flexibility index (Phi) is 5.02. The predicted octanol–water partition coefficient (Wildman–Crippen LogP) is 2.10. The first kappa shape index (κ1) is 14.1. The molecule has 0 saturated heterocycles. The monoisotopic (exact) mass is 237 g/mol. The number of esters is 1. The van der Waals surface area contributed by atoms with Gasteiger partial charge < -0.3 is 10.5 Å². The molecule has 0 amide bonds. The zero-order valence-corrected chi connectivity index (χ0v) is 11.1. The second kappa shape index (κ2) is 6.07. The maximum Gasteiger partial charge on any atom is 0.384 e. The molecule has 2 N–H and O–H groups in total. The SMILES string of the molecule is CC(C)(C)OC(=O)C#C[C@@H]1CCC[C@H](CN)C1. The molecule has 3 heteroatoms. The summed E-state index contributed by atoms with van der Waals surface area (Å²) in [6.45, 7) is 6.26.